The number of hydrogen-bond acceptors (Lipinski definition) is 3. The number of nitrogens with zero attached hydrogens (tertiary/aromatic N) is 2. The summed E-state index contributed by atoms with van der Waals surface area (Å²) in [5.74, 6) is 0. The van der Waals surface area contributed by atoms with Crippen LogP contribution in [0.2, 0.25) is 0 Å². The Morgan fingerprint density at radius 2 is 1.58 bits per heavy atom. The van der Waals surface area contributed by atoms with Gasteiger partial charge in [0.2, 0.25) is 0 Å². The molecule has 116 valence electrons. The van der Waals surface area contributed by atoms with Gasteiger partial charge in [0.15, 0.2) is 0 Å². The topological polar surface area (TPSA) is 18.5 Å². The molecule has 0 amide bonds. The van der Waals surface area contributed by atoms with E-state index >= 15 is 0 Å². The first-order valence-corrected chi connectivity index (χ1v) is 7.94. The smallest absolute Gasteiger partial charge is 0.0221 e. The molecule has 0 aromatic rings. The summed E-state index contributed by atoms with van der Waals surface area (Å²) >= 11 is 0. The molecule has 0 aliphatic rings. The third-order valence-electron chi connectivity index (χ3n) is 3.35. The van der Waals surface area contributed by atoms with Gasteiger partial charge in [-0.1, -0.05) is 20.3 Å². The quantitative estimate of drug-likeness (QED) is 0.659. The molecule has 0 saturated heterocycles. The standard InChI is InChI=1S/C16H37N3/c1-8-10-15(14-17-16(3,4)5)19(11-9-2)13-12-18(6)7/h15,17H,8-14H2,1-7H3. The molecule has 0 radical (unpaired) electrons. The van der Waals surface area contributed by atoms with E-state index in [1.807, 2.05) is 0 Å². The van der Waals surface area contributed by atoms with Gasteiger partial charge in [0.25, 0.3) is 0 Å². The number of rotatable bonds is 10. The van der Waals surface area contributed by atoms with Gasteiger partial charge in [-0.05, 0) is 54.3 Å². The largest absolute Gasteiger partial charge is 0.311 e. The summed E-state index contributed by atoms with van der Waals surface area (Å²) in [5.41, 5.74) is 0.214. The van der Waals surface area contributed by atoms with Gasteiger partial charge >= 0.3 is 0 Å². The molecule has 0 saturated carbocycles. The molecule has 0 aliphatic carbocycles. The molecule has 0 heterocycles. The summed E-state index contributed by atoms with van der Waals surface area (Å²) in [6.45, 7) is 16.0. The fraction of sp³-hybridized carbons (Fsp3) is 1.00. The van der Waals surface area contributed by atoms with Crippen LogP contribution in [0.15, 0.2) is 0 Å². The Bertz CT molecular complexity index is 209. The zero-order chi connectivity index (χ0) is 14.9. The first kappa shape index (κ1) is 18.9. The van der Waals surface area contributed by atoms with Crippen LogP contribution in [0, 0.1) is 0 Å². The molecule has 1 unspecified atom stereocenters. The number of hydrogen-bond donors (Lipinski definition) is 1. The molecular formula is C16H37N3. The van der Waals surface area contributed by atoms with Crippen molar-refractivity contribution in [1.82, 2.24) is 15.1 Å². The van der Waals surface area contributed by atoms with Gasteiger partial charge in [-0.2, -0.15) is 0 Å². The van der Waals surface area contributed by atoms with Crippen LogP contribution in [-0.2, 0) is 0 Å². The Labute approximate surface area is 121 Å². The van der Waals surface area contributed by atoms with Crippen molar-refractivity contribution in [2.45, 2.75) is 65.5 Å². The maximum absolute atomic E-state index is 3.68. The van der Waals surface area contributed by atoms with Crippen molar-refractivity contribution >= 4 is 0 Å². The zero-order valence-corrected chi connectivity index (χ0v) is 14.4. The van der Waals surface area contributed by atoms with Crippen LogP contribution in [0.5, 0.6) is 0 Å². The monoisotopic (exact) mass is 271 g/mol. The van der Waals surface area contributed by atoms with Crippen LogP contribution >= 0.6 is 0 Å². The third-order valence-corrected chi connectivity index (χ3v) is 3.35. The molecule has 0 fully saturated rings. The van der Waals surface area contributed by atoms with E-state index < -0.39 is 0 Å². The van der Waals surface area contributed by atoms with Crippen molar-refractivity contribution in [1.29, 1.82) is 0 Å². The average Bonchev–Trinajstić information content (AvgIpc) is 2.29. The van der Waals surface area contributed by atoms with Gasteiger partial charge < -0.3 is 10.2 Å². The van der Waals surface area contributed by atoms with E-state index in [-0.39, 0.29) is 5.54 Å². The lowest BCUT2D eigenvalue weighted by Gasteiger charge is -2.34. The molecule has 0 rings (SSSR count). The van der Waals surface area contributed by atoms with Crippen molar-refractivity contribution in [3.63, 3.8) is 0 Å². The van der Waals surface area contributed by atoms with Gasteiger partial charge in [0.1, 0.15) is 0 Å². The lowest BCUT2D eigenvalue weighted by Crippen LogP contribution is -2.49. The fourth-order valence-corrected chi connectivity index (χ4v) is 2.26. The minimum Gasteiger partial charge on any atom is -0.311 e. The van der Waals surface area contributed by atoms with Gasteiger partial charge in [0, 0.05) is 31.2 Å². The summed E-state index contributed by atoms with van der Waals surface area (Å²) in [7, 11) is 4.32. The molecule has 19 heavy (non-hydrogen) atoms. The normalized spacial score (nSPS) is 14.4. The van der Waals surface area contributed by atoms with Crippen molar-refractivity contribution in [3.05, 3.63) is 0 Å². The maximum atomic E-state index is 3.68. The molecule has 0 bridgehead atoms. The number of nitrogens with one attached hydrogen (secondary N) is 1. The van der Waals surface area contributed by atoms with E-state index in [2.05, 4.69) is 63.8 Å². The van der Waals surface area contributed by atoms with Gasteiger partial charge in [-0.25, -0.2) is 0 Å². The van der Waals surface area contributed by atoms with Crippen molar-refractivity contribution in [2.24, 2.45) is 0 Å². The van der Waals surface area contributed by atoms with Crippen molar-refractivity contribution < 1.29 is 0 Å². The fourth-order valence-electron chi connectivity index (χ4n) is 2.26. The first-order chi connectivity index (χ1) is 8.80. The second-order valence-electron chi connectivity index (χ2n) is 6.91. The van der Waals surface area contributed by atoms with E-state index in [0.717, 1.165) is 13.1 Å². The Morgan fingerprint density at radius 3 is 2.00 bits per heavy atom. The molecule has 1 atom stereocenters. The SMILES string of the molecule is CCCC(CNC(C)(C)C)N(CCC)CCN(C)C. The Hall–Kier alpha value is -0.120. The summed E-state index contributed by atoms with van der Waals surface area (Å²) in [6, 6.07) is 0.670. The van der Waals surface area contributed by atoms with E-state index in [4.69, 9.17) is 0 Å². The van der Waals surface area contributed by atoms with Crippen LogP contribution in [0.4, 0.5) is 0 Å². The second-order valence-corrected chi connectivity index (χ2v) is 6.91. The lowest BCUT2D eigenvalue weighted by molar-refractivity contribution is 0.158. The molecule has 1 N–H and O–H groups in total. The highest BCUT2D eigenvalue weighted by atomic mass is 15.2. The predicted octanol–water partition coefficient (Wildman–Crippen LogP) is 2.82. The summed E-state index contributed by atoms with van der Waals surface area (Å²) in [4.78, 5) is 4.95. The van der Waals surface area contributed by atoms with Gasteiger partial charge in [-0.3, -0.25) is 4.90 Å². The van der Waals surface area contributed by atoms with Crippen LogP contribution in [0.1, 0.15) is 53.9 Å². The third kappa shape index (κ3) is 10.3. The van der Waals surface area contributed by atoms with Crippen LogP contribution < -0.4 is 5.32 Å². The molecule has 0 aromatic heterocycles. The van der Waals surface area contributed by atoms with Crippen LogP contribution in [0.25, 0.3) is 0 Å². The molecule has 0 aromatic carbocycles. The van der Waals surface area contributed by atoms with E-state index in [1.54, 1.807) is 0 Å². The highest BCUT2D eigenvalue weighted by Gasteiger charge is 2.19. The molecule has 3 heteroatoms. The zero-order valence-electron chi connectivity index (χ0n) is 14.4. The van der Waals surface area contributed by atoms with E-state index in [0.29, 0.717) is 6.04 Å². The average molecular weight is 271 g/mol. The van der Waals surface area contributed by atoms with Crippen molar-refractivity contribution in [2.75, 3.05) is 40.3 Å². The van der Waals surface area contributed by atoms with E-state index in [1.165, 1.54) is 32.4 Å². The minimum atomic E-state index is 0.214. The second kappa shape index (κ2) is 9.73. The Kier molecular flexibility index (Phi) is 9.67. The summed E-state index contributed by atoms with van der Waals surface area (Å²) in [6.07, 6.45) is 3.79. The lowest BCUT2D eigenvalue weighted by atomic mass is 10.1. The van der Waals surface area contributed by atoms with Crippen LogP contribution in [-0.4, -0.2) is 61.7 Å². The predicted molar refractivity (Wildman–Crippen MR) is 86.9 cm³/mol. The van der Waals surface area contributed by atoms with Crippen molar-refractivity contribution in [3.8, 4) is 0 Å². The van der Waals surface area contributed by atoms with Gasteiger partial charge in [-0.15, -0.1) is 0 Å². The molecule has 3 nitrogen and oxygen atoms in total. The minimum absolute atomic E-state index is 0.214. The summed E-state index contributed by atoms with van der Waals surface area (Å²) < 4.78 is 0. The Morgan fingerprint density at radius 1 is 0.947 bits per heavy atom. The molecule has 0 spiro atoms. The van der Waals surface area contributed by atoms with Crippen LogP contribution in [0.3, 0.4) is 0 Å². The highest BCUT2D eigenvalue weighted by Crippen LogP contribution is 2.09. The molecular weight excluding hydrogens is 234 g/mol. The molecule has 0 aliphatic heterocycles. The summed E-state index contributed by atoms with van der Waals surface area (Å²) in [5, 5.41) is 3.68. The van der Waals surface area contributed by atoms with Gasteiger partial charge in [0.05, 0.1) is 0 Å². The maximum Gasteiger partial charge on any atom is 0.0221 e. The number of likely N-dealkylation sites (N-methyl/N-ethyl adjacent to an activating group) is 1. The Balaban J connectivity index is 4.46. The highest BCUT2D eigenvalue weighted by molar-refractivity contribution is 4.79. The first-order valence-electron chi connectivity index (χ1n) is 7.94. The van der Waals surface area contributed by atoms with E-state index in [9.17, 15) is 0 Å².